The van der Waals surface area contributed by atoms with Crippen molar-refractivity contribution in [3.05, 3.63) is 114 Å². The molecule has 6 rings (SSSR count). The Hall–Kier alpha value is -3.17. The molecule has 0 aliphatic carbocycles. The fourth-order valence-corrected chi connectivity index (χ4v) is 5.66. The number of azo groups is 2. The van der Waals surface area contributed by atoms with Crippen molar-refractivity contribution in [2.45, 2.75) is 4.90 Å². The summed E-state index contributed by atoms with van der Waals surface area (Å²) in [6.07, 6.45) is 0. The summed E-state index contributed by atoms with van der Waals surface area (Å²) in [5, 5.41) is 65.5. The molecule has 0 aliphatic heterocycles. The quantitative estimate of drug-likeness (QED) is 0.0454. The summed E-state index contributed by atoms with van der Waals surface area (Å²) in [5.41, 5.74) is 0.319. The number of phenols is 2. The molecule has 0 spiro atoms. The number of hydrogen-bond acceptors (Lipinski definition) is 17. The predicted molar refractivity (Wildman–Crippen MR) is 191 cm³/mol. The van der Waals surface area contributed by atoms with Gasteiger partial charge in [0.1, 0.15) is 21.5 Å². The molecule has 0 bridgehead atoms. The molecule has 0 fully saturated rings. The number of hydrogen-bond donors (Lipinski definition) is 4. The Kier molecular flexibility index (Phi) is 22.4. The SMILES string of the molecule is O=C(Nc1ccc2c(O)c(N=Nc3ccc(C(=O)[O-])cc3)ccc2c1)Nc1ccc2c(O)c(N=Nc3ccc(C(=O)[O-])cc3)c(S(=O)(=O)[O-])cc2c1.O=S([O-])[O-].[Na+].[Na+].[Na+].[Na+]. The van der Waals surface area contributed by atoms with Crippen LogP contribution in [-0.2, 0) is 21.5 Å². The Balaban J connectivity index is 0.00000215. The summed E-state index contributed by atoms with van der Waals surface area (Å²) in [4.78, 5) is 33.9. The van der Waals surface area contributed by atoms with Gasteiger partial charge in [0.15, 0.2) is 11.5 Å². The minimum Gasteiger partial charge on any atom is -0.784 e. The molecule has 0 unspecified atom stereocenters. The molecular formula is C35H21N6Na4O13S2-. The van der Waals surface area contributed by atoms with Crippen LogP contribution in [0.5, 0.6) is 11.5 Å². The van der Waals surface area contributed by atoms with Gasteiger partial charge in [0.05, 0.1) is 28.2 Å². The third-order valence-corrected chi connectivity index (χ3v) is 8.40. The number of aromatic hydroxyl groups is 2. The Morgan fingerprint density at radius 3 is 1.47 bits per heavy atom. The Bertz CT molecular complexity index is 2720. The number of nitrogens with one attached hydrogen (secondary N) is 2. The number of anilines is 2. The molecule has 2 amide bonds. The Morgan fingerprint density at radius 1 is 0.583 bits per heavy atom. The number of rotatable bonds is 9. The largest absolute Gasteiger partial charge is 1.00 e. The molecule has 19 nitrogen and oxygen atoms in total. The number of fused-ring (bicyclic) bond motifs is 2. The molecule has 286 valence electrons. The summed E-state index contributed by atoms with van der Waals surface area (Å²) in [7, 11) is -5.19. The monoisotopic (exact) mass is 889 g/mol. The van der Waals surface area contributed by atoms with Crippen molar-refractivity contribution in [2.24, 2.45) is 20.5 Å². The zero-order valence-electron chi connectivity index (χ0n) is 31.8. The first-order valence-corrected chi connectivity index (χ1v) is 17.7. The summed E-state index contributed by atoms with van der Waals surface area (Å²) in [6, 6.07) is 22.6. The van der Waals surface area contributed by atoms with Crippen LogP contribution in [0.3, 0.4) is 0 Å². The van der Waals surface area contributed by atoms with E-state index in [1.165, 1.54) is 78.9 Å². The van der Waals surface area contributed by atoms with E-state index in [0.29, 0.717) is 22.1 Å². The van der Waals surface area contributed by atoms with Gasteiger partial charge in [-0.25, -0.2) is 13.2 Å². The maximum Gasteiger partial charge on any atom is 1.00 e. The summed E-state index contributed by atoms with van der Waals surface area (Å²) in [5.74, 6) is -3.60. The molecular weight excluding hydrogens is 869 g/mol. The summed E-state index contributed by atoms with van der Waals surface area (Å²) in [6.45, 7) is 0. The number of carbonyl (C=O) groups excluding carboxylic acids is 3. The first-order chi connectivity index (χ1) is 26.5. The first kappa shape index (κ1) is 54.8. The third-order valence-electron chi connectivity index (χ3n) is 7.55. The van der Waals surface area contributed by atoms with Gasteiger partial charge >= 0.3 is 124 Å². The molecule has 4 N–H and O–H groups in total. The van der Waals surface area contributed by atoms with Crippen molar-refractivity contribution in [3.8, 4) is 11.5 Å². The second-order valence-corrected chi connectivity index (χ2v) is 12.9. The van der Waals surface area contributed by atoms with E-state index in [9.17, 15) is 47.8 Å². The van der Waals surface area contributed by atoms with Gasteiger partial charge in [0.2, 0.25) is 0 Å². The molecule has 0 saturated carbocycles. The molecule has 0 radical (unpaired) electrons. The van der Waals surface area contributed by atoms with Gasteiger partial charge < -0.3 is 54.3 Å². The number of carbonyl (C=O) groups is 3. The summed E-state index contributed by atoms with van der Waals surface area (Å²) >= 11 is -3.11. The van der Waals surface area contributed by atoms with E-state index in [1.54, 1.807) is 18.2 Å². The molecule has 0 atom stereocenters. The maximum absolute atomic E-state index is 12.9. The average Bonchev–Trinajstić information content (AvgIpc) is 3.13. The number of carboxylic acids is 2. The van der Waals surface area contributed by atoms with E-state index in [4.69, 9.17) is 13.3 Å². The van der Waals surface area contributed by atoms with Gasteiger partial charge in [-0.05, 0) is 94.7 Å². The number of phenolic OH excluding ortho intramolecular Hbond substituents is 2. The molecule has 60 heavy (non-hydrogen) atoms. The Morgan fingerprint density at radius 2 is 1.02 bits per heavy atom. The van der Waals surface area contributed by atoms with Crippen molar-refractivity contribution in [1.82, 2.24) is 0 Å². The normalized spacial score (nSPS) is 10.7. The molecule has 0 saturated heterocycles. The van der Waals surface area contributed by atoms with Crippen LogP contribution in [0.25, 0.3) is 21.5 Å². The van der Waals surface area contributed by atoms with E-state index >= 15 is 0 Å². The van der Waals surface area contributed by atoms with Gasteiger partial charge in [0, 0.05) is 22.1 Å². The van der Waals surface area contributed by atoms with E-state index in [1.807, 2.05) is 0 Å². The third kappa shape index (κ3) is 14.7. The van der Waals surface area contributed by atoms with Gasteiger partial charge in [-0.2, -0.15) is 10.2 Å². The van der Waals surface area contributed by atoms with Crippen LogP contribution in [-0.4, -0.2) is 54.5 Å². The standard InChI is InChI=1S/C35H24N6O10S.4Na.H2O3S/c42-31-26-12-10-24(15-20(26)5-14-28(31)40-38-22-6-1-18(2-7-22)33(44)45)36-35(48)37-25-11-13-27-21(16-25)17-29(52(49,50)51)30(32(27)43)41-39-23-8-3-19(4-9-23)34(46)47;;;;;1-4(2)3/h1-17,42-43H,(H,44,45)(H,46,47)(H2,36,37,48)(H,49,50,51);;;;;(H2,1,2,3)/q;4*+1;/p-5. The number of nitrogens with zero attached hydrogens (tertiary/aromatic N) is 4. The molecule has 6 aromatic rings. The van der Waals surface area contributed by atoms with Gasteiger partial charge in [-0.3, -0.25) is 4.21 Å². The van der Waals surface area contributed by atoms with E-state index in [0.717, 1.165) is 6.07 Å². The topological polar surface area (TPSA) is 332 Å². The molecule has 0 heterocycles. The maximum atomic E-state index is 12.9. The van der Waals surface area contributed by atoms with Crippen molar-refractivity contribution >= 4 is 95.1 Å². The predicted octanol–water partition coefficient (Wildman–Crippen LogP) is -7.48. The van der Waals surface area contributed by atoms with Gasteiger partial charge in [-0.1, -0.05) is 30.3 Å². The van der Waals surface area contributed by atoms with Crippen LogP contribution < -0.4 is 139 Å². The van der Waals surface area contributed by atoms with Crippen molar-refractivity contribution < 1.29 is 179 Å². The van der Waals surface area contributed by atoms with E-state index < -0.39 is 55.8 Å². The second-order valence-electron chi connectivity index (χ2n) is 11.2. The number of carboxylic acid groups (broad SMARTS) is 2. The zero-order valence-corrected chi connectivity index (χ0v) is 41.4. The average molecular weight is 890 g/mol. The molecule has 6 aromatic carbocycles. The van der Waals surface area contributed by atoms with E-state index in [2.05, 4.69) is 31.1 Å². The minimum atomic E-state index is -5.19. The Labute approximate surface area is 430 Å². The number of urea groups is 1. The molecule has 0 aliphatic rings. The number of aromatic carboxylic acids is 2. The number of benzene rings is 6. The van der Waals surface area contributed by atoms with Gasteiger partial charge in [-0.15, -0.1) is 21.6 Å². The first-order valence-electron chi connectivity index (χ1n) is 15.3. The smallest absolute Gasteiger partial charge is 0.784 e. The van der Waals surface area contributed by atoms with Crippen LogP contribution in [0.1, 0.15) is 20.7 Å². The van der Waals surface area contributed by atoms with Gasteiger partial charge in [0.25, 0.3) is 0 Å². The van der Waals surface area contributed by atoms with E-state index in [-0.39, 0.29) is 163 Å². The summed E-state index contributed by atoms with van der Waals surface area (Å²) < 4.78 is 61.7. The van der Waals surface area contributed by atoms with Crippen LogP contribution in [0.2, 0.25) is 0 Å². The van der Waals surface area contributed by atoms with Crippen LogP contribution >= 0.6 is 0 Å². The molecule has 0 aromatic heterocycles. The zero-order chi connectivity index (χ0) is 40.7. The van der Waals surface area contributed by atoms with Crippen LogP contribution in [0.4, 0.5) is 38.9 Å². The minimum absolute atomic E-state index is 0. The fraction of sp³-hybridized carbons (Fsp3) is 0. The van der Waals surface area contributed by atoms with Crippen molar-refractivity contribution in [2.75, 3.05) is 10.6 Å². The van der Waals surface area contributed by atoms with Crippen LogP contribution in [0, 0.1) is 0 Å². The van der Waals surface area contributed by atoms with Crippen molar-refractivity contribution in [1.29, 1.82) is 0 Å². The van der Waals surface area contributed by atoms with Crippen LogP contribution in [0.15, 0.2) is 128 Å². The fourth-order valence-electron chi connectivity index (χ4n) is 5.02. The molecule has 25 heteroatoms. The number of amides is 2. The van der Waals surface area contributed by atoms with Crippen molar-refractivity contribution in [3.63, 3.8) is 0 Å². The second kappa shape index (κ2) is 24.5.